The maximum atomic E-state index is 13.2. The molecule has 0 aliphatic carbocycles. The monoisotopic (exact) mass is 510 g/mol. The van der Waals surface area contributed by atoms with E-state index in [4.69, 9.17) is 4.74 Å². The first-order valence-corrected chi connectivity index (χ1v) is 11.8. The molecule has 0 atom stereocenters. The Morgan fingerprint density at radius 3 is 2.61 bits per heavy atom. The number of likely N-dealkylation sites (N-methyl/N-ethyl adjacent to an activating group) is 1. The van der Waals surface area contributed by atoms with Crippen LogP contribution in [0.5, 0.6) is 0 Å². The molecule has 0 spiro atoms. The number of carbonyl (C=O) groups excluding carboxylic acids is 1. The number of hydrogen-bond acceptors (Lipinski definition) is 7. The number of aromatic nitrogens is 3. The van der Waals surface area contributed by atoms with Gasteiger partial charge in [-0.15, -0.1) is 13.2 Å². The maximum absolute atomic E-state index is 13.2. The van der Waals surface area contributed by atoms with Crippen LogP contribution in [0, 0.1) is 5.82 Å². The average Bonchev–Trinajstić information content (AvgIpc) is 3.51. The van der Waals surface area contributed by atoms with E-state index in [0.29, 0.717) is 18.8 Å². The molecule has 0 fully saturated rings. The van der Waals surface area contributed by atoms with Gasteiger partial charge in [-0.05, 0) is 36.8 Å². The van der Waals surface area contributed by atoms with Crippen LogP contribution in [-0.4, -0.2) is 41.1 Å². The van der Waals surface area contributed by atoms with Gasteiger partial charge in [0.15, 0.2) is 5.13 Å². The van der Waals surface area contributed by atoms with Crippen molar-refractivity contribution in [1.29, 1.82) is 0 Å². The Kier molecular flexibility index (Phi) is 11.1. The van der Waals surface area contributed by atoms with Crippen molar-refractivity contribution in [3.8, 4) is 10.4 Å². The molecule has 0 bridgehead atoms. The van der Waals surface area contributed by atoms with Gasteiger partial charge in [0.2, 0.25) is 0 Å². The molecule has 0 saturated carbocycles. The number of allylic oxidation sites excluding steroid dienone is 1. The van der Waals surface area contributed by atoms with Crippen molar-refractivity contribution in [2.45, 2.75) is 13.5 Å². The van der Waals surface area contributed by atoms with Gasteiger partial charge >= 0.3 is 0 Å². The summed E-state index contributed by atoms with van der Waals surface area (Å²) >= 11 is 1.48. The average molecular weight is 511 g/mol. The van der Waals surface area contributed by atoms with E-state index in [0.717, 1.165) is 32.7 Å². The lowest BCUT2D eigenvalue weighted by Gasteiger charge is -2.11. The Balaban J connectivity index is 0.00000222. The number of hydrogen-bond donors (Lipinski definition) is 3. The molecule has 3 aromatic rings. The summed E-state index contributed by atoms with van der Waals surface area (Å²) < 4.78 is 20.0. The lowest BCUT2D eigenvalue weighted by molar-refractivity contribution is -0.118. The number of thiazole rings is 1. The third-order valence-electron chi connectivity index (χ3n) is 4.78. The fraction of sp³-hybridized carbons (Fsp3) is 0.192. The molecule has 3 rings (SSSR count). The highest BCUT2D eigenvalue weighted by molar-refractivity contribution is 7.18. The fourth-order valence-electron chi connectivity index (χ4n) is 3.12. The van der Waals surface area contributed by atoms with Gasteiger partial charge < -0.3 is 25.3 Å². The van der Waals surface area contributed by atoms with E-state index < -0.39 is 0 Å². The standard InChI is InChI=1S/C24H27FN6O2S.C2H4/c1-5-19-21(31(15-29-19)11-10-27-23(32)20(26-3)14-33-4)12-16(2)30-24-28-13-22(34-24)17-6-8-18(25)9-7-17;1-2/h5-9,12-15,26H,1,10-11H2,2-4H3,(H,27,32)(H,28,30);1-2H2/b16-12+,20-14-;. The smallest absolute Gasteiger partial charge is 0.270 e. The topological polar surface area (TPSA) is 93.1 Å². The first kappa shape index (κ1) is 28.1. The Labute approximate surface area is 214 Å². The number of nitrogens with zero attached hydrogens (tertiary/aromatic N) is 3. The van der Waals surface area contributed by atoms with Gasteiger partial charge in [-0.1, -0.05) is 30.0 Å². The largest absolute Gasteiger partial charge is 0.502 e. The second-order valence-corrected chi connectivity index (χ2v) is 8.21. The van der Waals surface area contributed by atoms with Crippen LogP contribution < -0.4 is 16.0 Å². The zero-order chi connectivity index (χ0) is 26.5. The van der Waals surface area contributed by atoms with Crippen molar-refractivity contribution in [1.82, 2.24) is 25.2 Å². The number of ether oxygens (including phenoxy) is 1. The molecule has 0 radical (unpaired) electrons. The maximum Gasteiger partial charge on any atom is 0.270 e. The molecular formula is C26H31FN6O2S. The molecule has 190 valence electrons. The zero-order valence-electron chi connectivity index (χ0n) is 20.7. The number of carbonyl (C=O) groups is 1. The van der Waals surface area contributed by atoms with Gasteiger partial charge in [-0.3, -0.25) is 4.79 Å². The van der Waals surface area contributed by atoms with Gasteiger partial charge in [0.1, 0.15) is 17.8 Å². The highest BCUT2D eigenvalue weighted by Crippen LogP contribution is 2.30. The van der Waals surface area contributed by atoms with E-state index in [1.807, 2.05) is 17.6 Å². The molecule has 8 nitrogen and oxygen atoms in total. The number of rotatable bonds is 11. The van der Waals surface area contributed by atoms with E-state index in [-0.39, 0.29) is 11.7 Å². The first-order valence-electron chi connectivity index (χ1n) is 11.0. The van der Waals surface area contributed by atoms with Crippen molar-refractivity contribution in [3.63, 3.8) is 0 Å². The Bertz CT molecular complexity index is 1210. The summed E-state index contributed by atoms with van der Waals surface area (Å²) in [6.45, 7) is 12.7. The van der Waals surface area contributed by atoms with E-state index in [2.05, 4.69) is 45.7 Å². The van der Waals surface area contributed by atoms with Crippen molar-refractivity contribution in [2.75, 3.05) is 26.0 Å². The molecular weight excluding hydrogens is 479 g/mol. The molecule has 2 aromatic heterocycles. The van der Waals surface area contributed by atoms with E-state index in [9.17, 15) is 9.18 Å². The quantitative estimate of drug-likeness (QED) is 0.193. The van der Waals surface area contributed by atoms with Crippen molar-refractivity contribution in [2.24, 2.45) is 0 Å². The van der Waals surface area contributed by atoms with Crippen LogP contribution in [0.15, 0.2) is 74.2 Å². The molecule has 0 saturated heterocycles. The summed E-state index contributed by atoms with van der Waals surface area (Å²) in [5, 5.41) is 9.65. The van der Waals surface area contributed by atoms with E-state index >= 15 is 0 Å². The number of methoxy groups -OCH3 is 1. The Morgan fingerprint density at radius 2 is 1.97 bits per heavy atom. The highest BCUT2D eigenvalue weighted by atomic mass is 32.1. The second kappa shape index (κ2) is 14.3. The molecule has 1 amide bonds. The minimum Gasteiger partial charge on any atom is -0.502 e. The zero-order valence-corrected chi connectivity index (χ0v) is 21.5. The van der Waals surface area contributed by atoms with Crippen LogP contribution in [-0.2, 0) is 16.1 Å². The van der Waals surface area contributed by atoms with Crippen molar-refractivity contribution >= 4 is 34.5 Å². The summed E-state index contributed by atoms with van der Waals surface area (Å²) in [5.74, 6) is -0.530. The molecule has 10 heteroatoms. The number of amides is 1. The molecule has 36 heavy (non-hydrogen) atoms. The second-order valence-electron chi connectivity index (χ2n) is 7.17. The Hall–Kier alpha value is -4.18. The number of nitrogens with one attached hydrogen (secondary N) is 3. The Morgan fingerprint density at radius 1 is 1.25 bits per heavy atom. The number of halogens is 1. The highest BCUT2D eigenvalue weighted by Gasteiger charge is 2.11. The van der Waals surface area contributed by atoms with Crippen LogP contribution in [0.4, 0.5) is 9.52 Å². The van der Waals surface area contributed by atoms with Crippen LogP contribution in [0.25, 0.3) is 22.6 Å². The number of anilines is 1. The minimum absolute atomic E-state index is 0.260. The molecule has 3 N–H and O–H groups in total. The van der Waals surface area contributed by atoms with Crippen LogP contribution >= 0.6 is 11.3 Å². The number of imidazole rings is 1. The lowest BCUT2D eigenvalue weighted by Crippen LogP contribution is -2.32. The molecule has 0 unspecified atom stereocenters. The lowest BCUT2D eigenvalue weighted by atomic mass is 10.2. The molecule has 1 aromatic carbocycles. The van der Waals surface area contributed by atoms with Gasteiger partial charge in [0.05, 0.1) is 29.7 Å². The van der Waals surface area contributed by atoms with Crippen molar-refractivity contribution in [3.05, 3.63) is 91.4 Å². The first-order chi connectivity index (χ1) is 17.4. The molecule has 2 heterocycles. The van der Waals surface area contributed by atoms with Crippen LogP contribution in [0.2, 0.25) is 0 Å². The predicted molar refractivity (Wildman–Crippen MR) is 146 cm³/mol. The fourth-order valence-corrected chi connectivity index (χ4v) is 4.00. The summed E-state index contributed by atoms with van der Waals surface area (Å²) in [6.07, 6.45) is 8.46. The van der Waals surface area contributed by atoms with Crippen molar-refractivity contribution < 1.29 is 13.9 Å². The van der Waals surface area contributed by atoms with Crippen LogP contribution in [0.3, 0.4) is 0 Å². The SMILES string of the molecule is C=C.C=Cc1ncn(CCNC(=O)/C(=C/OC)NC)c1/C=C(\C)Nc1ncc(-c2ccc(F)cc2)s1. The third kappa shape index (κ3) is 7.67. The minimum atomic E-state index is -0.270. The third-order valence-corrected chi connectivity index (χ3v) is 5.74. The number of benzene rings is 1. The van der Waals surface area contributed by atoms with Gasteiger partial charge in [0.25, 0.3) is 5.91 Å². The van der Waals surface area contributed by atoms with Gasteiger partial charge in [-0.2, -0.15) is 0 Å². The summed E-state index contributed by atoms with van der Waals surface area (Å²) in [5.41, 5.74) is 3.68. The summed E-state index contributed by atoms with van der Waals surface area (Å²) in [4.78, 5) is 21.9. The van der Waals surface area contributed by atoms with Crippen LogP contribution in [0.1, 0.15) is 18.3 Å². The van der Waals surface area contributed by atoms with Gasteiger partial charge in [0, 0.05) is 32.0 Å². The normalized spacial score (nSPS) is 11.2. The predicted octanol–water partition coefficient (Wildman–Crippen LogP) is 4.89. The molecule has 0 aliphatic rings. The summed E-state index contributed by atoms with van der Waals surface area (Å²) in [6, 6.07) is 6.32. The molecule has 0 aliphatic heterocycles. The summed E-state index contributed by atoms with van der Waals surface area (Å²) in [7, 11) is 3.14. The van der Waals surface area contributed by atoms with E-state index in [1.165, 1.54) is 36.8 Å². The van der Waals surface area contributed by atoms with E-state index in [1.54, 1.807) is 37.8 Å². The van der Waals surface area contributed by atoms with Gasteiger partial charge in [-0.25, -0.2) is 14.4 Å².